The average Bonchev–Trinajstić information content (AvgIpc) is 2.51. The lowest BCUT2D eigenvalue weighted by Gasteiger charge is -2.41. The van der Waals surface area contributed by atoms with E-state index < -0.39 is 89.8 Å². The van der Waals surface area contributed by atoms with Gasteiger partial charge in [0, 0.05) is 58.2 Å². The van der Waals surface area contributed by atoms with Gasteiger partial charge in [-0.1, -0.05) is 76.1 Å². The van der Waals surface area contributed by atoms with Crippen molar-refractivity contribution in [1.82, 2.24) is 10.6 Å². The fraction of sp³-hybridized carbons (Fsp3) is 0.619. The van der Waals surface area contributed by atoms with Crippen molar-refractivity contribution in [1.29, 1.82) is 0 Å². The molecule has 3 aliphatic heterocycles. The molecule has 5 rings (SSSR count). The second-order valence-corrected chi connectivity index (χ2v) is 23.8. The zero-order valence-electron chi connectivity index (χ0n) is 51.5. The highest BCUT2D eigenvalue weighted by Crippen LogP contribution is 2.50. The Labute approximate surface area is 505 Å². The van der Waals surface area contributed by atoms with Crippen LogP contribution in [0.4, 0.5) is 21.0 Å². The van der Waals surface area contributed by atoms with Crippen molar-refractivity contribution in [3.63, 3.8) is 0 Å². The van der Waals surface area contributed by atoms with E-state index >= 15 is 0 Å². The molecule has 85 heavy (non-hydrogen) atoms. The highest BCUT2D eigenvalue weighted by atomic mass is 35.5. The van der Waals surface area contributed by atoms with Gasteiger partial charge < -0.3 is 59.5 Å². The summed E-state index contributed by atoms with van der Waals surface area (Å²) in [6, 6.07) is 6.44. The molecule has 6 N–H and O–H groups in total. The van der Waals surface area contributed by atoms with Gasteiger partial charge in [-0.3, -0.25) is 34.1 Å². The molecule has 0 aromatic heterocycles. The third kappa shape index (κ3) is 19.2. The number of aliphatic hydroxyl groups is 1. The predicted molar refractivity (Wildman–Crippen MR) is 320 cm³/mol. The van der Waals surface area contributed by atoms with E-state index in [2.05, 4.69) is 16.0 Å². The Bertz CT molecular complexity index is 2770. The number of fused-ring (bicyclic) bond motifs is 5. The number of hydrogen-bond acceptors (Lipinski definition) is 16. The van der Waals surface area contributed by atoms with E-state index in [1.807, 2.05) is 47.6 Å². The standard InChI is InChI=1S/C63H90ClN5O16/c1-13-42(14-2)59(75)82-38(6)20-15-16-21-43(70)32-44(36(3)4)58(74)67-45(22-18-26-66-60(65)76)48(71)29-40-24-25-46(49(30-40)79-10)68-61(77)84-53-33-54(72)69(9)47-28-41(31-50(80-11)56(47)64)27-37(5)19-17-23-52(81-12)63(78)34-51(83-55(73)35-63)39(7)57-62(53,8)85-57/h17,19,23-25,28,30-31,36,38-39,42,44-45,51-53,57,78H,13-16,18,20-22,26-27,29,32-35H2,1-12H3,(H,67,74)(H,68,77)(H3,65,66,76)/b23-17+,37-19+/t38?,39-,44+,45+,51+,52-,53+,57+,62+,63-/m1/s1. The number of unbranched alkanes of at least 4 members (excludes halogenated alkanes) is 1. The summed E-state index contributed by atoms with van der Waals surface area (Å²) < 4.78 is 41.0. The van der Waals surface area contributed by atoms with Crippen LogP contribution in [0, 0.1) is 23.7 Å². The fourth-order valence-corrected chi connectivity index (χ4v) is 11.5. The van der Waals surface area contributed by atoms with Crippen molar-refractivity contribution >= 4 is 70.4 Å². The number of carbonyl (C=O) groups excluding carboxylic acids is 8. The topological polar surface area (TPSA) is 290 Å². The summed E-state index contributed by atoms with van der Waals surface area (Å²) >= 11 is 6.86. The highest BCUT2D eigenvalue weighted by Gasteiger charge is 2.64. The first-order chi connectivity index (χ1) is 40.2. The second kappa shape index (κ2) is 31.7. The maximum atomic E-state index is 14.5. The molecule has 2 aromatic carbocycles. The van der Waals surface area contributed by atoms with E-state index in [-0.39, 0.29) is 103 Å². The van der Waals surface area contributed by atoms with Crippen LogP contribution in [0.15, 0.2) is 54.1 Å². The molecular weight excluding hydrogens is 1120 g/mol. The lowest BCUT2D eigenvalue weighted by atomic mass is 9.78. The normalized spacial score (nSPS) is 24.5. The molecular formula is C63H90ClN5O16. The first-order valence-electron chi connectivity index (χ1n) is 29.5. The summed E-state index contributed by atoms with van der Waals surface area (Å²) in [4.78, 5) is 109. The molecule has 0 spiro atoms. The number of epoxide rings is 1. The van der Waals surface area contributed by atoms with Gasteiger partial charge in [-0.2, -0.15) is 0 Å². The van der Waals surface area contributed by atoms with Crippen molar-refractivity contribution in [2.45, 2.75) is 193 Å². The minimum absolute atomic E-state index is 0.00574. The predicted octanol–water partition coefficient (Wildman–Crippen LogP) is 8.84. The monoisotopic (exact) mass is 1210 g/mol. The lowest BCUT2D eigenvalue weighted by molar-refractivity contribution is -0.187. The molecule has 22 heteroatoms. The van der Waals surface area contributed by atoms with Crippen LogP contribution >= 0.6 is 11.6 Å². The molecule has 0 aliphatic carbocycles. The van der Waals surface area contributed by atoms with E-state index in [1.54, 1.807) is 57.3 Å². The van der Waals surface area contributed by atoms with Crippen LogP contribution in [0.25, 0.3) is 0 Å². The van der Waals surface area contributed by atoms with Gasteiger partial charge >= 0.3 is 24.1 Å². The van der Waals surface area contributed by atoms with Crippen molar-refractivity contribution in [2.75, 3.05) is 45.1 Å². The molecule has 3 heterocycles. The SMILES string of the molecule is CCC(CC)C(=O)OC(C)CCCCC(=O)C[C@H](C(=O)N[C@@H](CCCNC(N)=O)C(=O)Cc1ccc(NC(=O)O[C@H]2CC(=O)N(C)c3cc(cc(OC)c3Cl)C/C(C)=C/C=C/[C@@H](OC)[C@]3(O)CC(=O)O[C@@H](C3)[C@@H](C)[C@@H]3O[C@@]23C)c(OC)c1)C(C)C. The number of rotatable bonds is 26. The third-order valence-corrected chi connectivity index (χ3v) is 16.9. The molecule has 4 bridgehead atoms. The van der Waals surface area contributed by atoms with Crippen LogP contribution in [0.1, 0.15) is 144 Å². The molecule has 3 aliphatic rings. The van der Waals surface area contributed by atoms with Crippen LogP contribution in [0.5, 0.6) is 11.5 Å². The van der Waals surface area contributed by atoms with Crippen LogP contribution in [0.3, 0.4) is 0 Å². The number of carbonyl (C=O) groups is 8. The van der Waals surface area contributed by atoms with Gasteiger partial charge in [0.25, 0.3) is 0 Å². The number of hydrogen-bond donors (Lipinski definition) is 5. The number of anilines is 2. The number of ketones is 2. The summed E-state index contributed by atoms with van der Waals surface area (Å²) in [6.45, 7) is 14.9. The second-order valence-electron chi connectivity index (χ2n) is 23.4. The maximum absolute atomic E-state index is 14.5. The zero-order chi connectivity index (χ0) is 62.9. The van der Waals surface area contributed by atoms with E-state index in [9.17, 15) is 43.5 Å². The molecule has 0 saturated carbocycles. The largest absolute Gasteiger partial charge is 0.495 e. The number of benzene rings is 2. The van der Waals surface area contributed by atoms with Gasteiger partial charge in [0.15, 0.2) is 5.78 Å². The first kappa shape index (κ1) is 69.2. The Kier molecular flexibility index (Phi) is 25.8. The molecule has 0 radical (unpaired) electrons. The minimum Gasteiger partial charge on any atom is -0.495 e. The number of primary amides is 1. The fourth-order valence-electron chi connectivity index (χ4n) is 11.2. The third-order valence-electron chi connectivity index (χ3n) is 16.6. The molecule has 470 valence electrons. The van der Waals surface area contributed by atoms with E-state index in [0.29, 0.717) is 55.5 Å². The highest BCUT2D eigenvalue weighted by molar-refractivity contribution is 6.35. The molecule has 21 nitrogen and oxygen atoms in total. The summed E-state index contributed by atoms with van der Waals surface area (Å²) in [5.74, 6) is -3.52. The number of halogens is 1. The van der Waals surface area contributed by atoms with Gasteiger partial charge in [0.05, 0.1) is 62.6 Å². The first-order valence-corrected chi connectivity index (χ1v) is 29.9. The number of methoxy groups -OCH3 is 3. The van der Waals surface area contributed by atoms with E-state index in [1.165, 1.54) is 32.3 Å². The molecule has 10 atom stereocenters. The van der Waals surface area contributed by atoms with Crippen LogP contribution in [-0.4, -0.2) is 135 Å². The van der Waals surface area contributed by atoms with Crippen molar-refractivity contribution < 1.29 is 76.6 Å². The molecule has 2 saturated heterocycles. The number of esters is 2. The molecule has 2 fully saturated rings. The van der Waals surface area contributed by atoms with Crippen LogP contribution in [0.2, 0.25) is 5.02 Å². The van der Waals surface area contributed by atoms with Crippen LogP contribution < -0.4 is 36.1 Å². The Balaban J connectivity index is 1.33. The van der Waals surface area contributed by atoms with Crippen molar-refractivity contribution in [3.8, 4) is 11.5 Å². The Morgan fingerprint density at radius 1 is 0.965 bits per heavy atom. The summed E-state index contributed by atoms with van der Waals surface area (Å²) in [7, 11) is 5.84. The number of nitrogens with two attached hydrogens (primary N) is 1. The van der Waals surface area contributed by atoms with Gasteiger partial charge in [-0.05, 0) is 113 Å². The number of amides is 5. The molecule has 1 unspecified atom stereocenters. The summed E-state index contributed by atoms with van der Waals surface area (Å²) in [5, 5.41) is 20.3. The molecule has 5 amide bonds. The number of nitrogens with zero attached hydrogens (tertiary/aromatic N) is 1. The summed E-state index contributed by atoms with van der Waals surface area (Å²) in [6.07, 6.45) is 3.63. The molecule has 2 aromatic rings. The minimum atomic E-state index is -1.65. The van der Waals surface area contributed by atoms with Crippen LogP contribution in [-0.2, 0) is 65.3 Å². The van der Waals surface area contributed by atoms with Crippen molar-refractivity contribution in [3.05, 3.63) is 70.3 Å². The summed E-state index contributed by atoms with van der Waals surface area (Å²) in [5.41, 5.74) is 4.94. The number of allylic oxidation sites excluding steroid dienone is 3. The smallest absolute Gasteiger partial charge is 0.412 e. The van der Waals surface area contributed by atoms with Gasteiger partial charge in [-0.15, -0.1) is 0 Å². The van der Waals surface area contributed by atoms with Gasteiger partial charge in [0.1, 0.15) is 51.8 Å². The quantitative estimate of drug-likeness (QED) is 0.0254. The number of nitrogens with one attached hydrogen (secondary N) is 3. The van der Waals surface area contributed by atoms with E-state index in [0.717, 1.165) is 11.1 Å². The van der Waals surface area contributed by atoms with E-state index in [4.69, 9.17) is 50.5 Å². The lowest BCUT2D eigenvalue weighted by Crippen LogP contribution is -2.53. The number of urea groups is 1. The number of Topliss-reactive ketones (excluding diaryl/α,β-unsaturated/α-hetero) is 2. The Morgan fingerprint density at radius 2 is 1.67 bits per heavy atom. The number of ether oxygens (including phenoxy) is 7. The van der Waals surface area contributed by atoms with Gasteiger partial charge in [0.2, 0.25) is 11.8 Å². The van der Waals surface area contributed by atoms with Gasteiger partial charge in [-0.25, -0.2) is 9.59 Å². The Morgan fingerprint density at radius 3 is 2.32 bits per heavy atom. The Hall–Kier alpha value is -6.55. The van der Waals surface area contributed by atoms with Crippen molar-refractivity contribution in [2.24, 2.45) is 29.4 Å². The maximum Gasteiger partial charge on any atom is 0.412 e. The zero-order valence-corrected chi connectivity index (χ0v) is 52.2. The average molecular weight is 1210 g/mol.